The lowest BCUT2D eigenvalue weighted by molar-refractivity contribution is 0.0644. The average molecular weight is 311 g/mol. The molecule has 2 unspecified atom stereocenters. The fourth-order valence-electron chi connectivity index (χ4n) is 2.76. The van der Waals surface area contributed by atoms with E-state index in [0.29, 0.717) is 6.54 Å². The number of amides is 1. The van der Waals surface area contributed by atoms with Crippen LogP contribution in [0.5, 0.6) is 0 Å². The standard InChI is InChI=1S/C15H21NO4S/c1-3-21(19,20)14-7-5-4-6-12(14)15(18)16-9-8-11(2)13(16)10-17/h4-7,11,13,17H,3,8-10H2,1-2H3. The van der Waals surface area contributed by atoms with Crippen LogP contribution in [0.3, 0.4) is 0 Å². The van der Waals surface area contributed by atoms with Gasteiger partial charge in [-0.3, -0.25) is 4.79 Å². The summed E-state index contributed by atoms with van der Waals surface area (Å²) >= 11 is 0. The molecule has 1 saturated heterocycles. The van der Waals surface area contributed by atoms with Crippen molar-refractivity contribution in [2.45, 2.75) is 31.2 Å². The Morgan fingerprint density at radius 1 is 1.38 bits per heavy atom. The van der Waals surface area contributed by atoms with Gasteiger partial charge in [-0.25, -0.2) is 8.42 Å². The zero-order valence-electron chi connectivity index (χ0n) is 12.3. The third-order valence-electron chi connectivity index (χ3n) is 4.16. The Labute approximate surface area is 125 Å². The molecular formula is C15H21NO4S. The van der Waals surface area contributed by atoms with E-state index in [1.165, 1.54) is 6.07 Å². The molecule has 1 fully saturated rings. The second kappa shape index (κ2) is 6.15. The minimum absolute atomic E-state index is 0.0445. The van der Waals surface area contributed by atoms with Gasteiger partial charge in [0.2, 0.25) is 0 Å². The van der Waals surface area contributed by atoms with Crippen molar-refractivity contribution in [3.63, 3.8) is 0 Å². The van der Waals surface area contributed by atoms with E-state index in [4.69, 9.17) is 0 Å². The van der Waals surface area contributed by atoms with Gasteiger partial charge < -0.3 is 10.0 Å². The van der Waals surface area contributed by atoms with E-state index in [9.17, 15) is 18.3 Å². The molecule has 1 amide bonds. The molecule has 0 spiro atoms. The van der Waals surface area contributed by atoms with Crippen LogP contribution in [0, 0.1) is 5.92 Å². The summed E-state index contributed by atoms with van der Waals surface area (Å²) in [6, 6.07) is 6.06. The number of hydrogen-bond donors (Lipinski definition) is 1. The lowest BCUT2D eigenvalue weighted by Gasteiger charge is -2.26. The first-order valence-electron chi connectivity index (χ1n) is 7.16. The Morgan fingerprint density at radius 3 is 2.67 bits per heavy atom. The second-order valence-corrected chi connectivity index (χ2v) is 7.66. The van der Waals surface area contributed by atoms with Gasteiger partial charge in [-0.05, 0) is 24.5 Å². The average Bonchev–Trinajstić information content (AvgIpc) is 2.87. The number of carbonyl (C=O) groups excluding carboxylic acids is 1. The Bertz CT molecular complexity index is 626. The van der Waals surface area contributed by atoms with Crippen LogP contribution in [-0.4, -0.2) is 49.3 Å². The Kier molecular flexibility index (Phi) is 4.68. The molecule has 0 aliphatic carbocycles. The minimum Gasteiger partial charge on any atom is -0.394 e. The molecule has 1 N–H and O–H groups in total. The smallest absolute Gasteiger partial charge is 0.255 e. The van der Waals surface area contributed by atoms with Crippen LogP contribution in [0.4, 0.5) is 0 Å². The molecule has 2 atom stereocenters. The molecule has 1 aliphatic heterocycles. The SMILES string of the molecule is CCS(=O)(=O)c1ccccc1C(=O)N1CCC(C)C1CO. The van der Waals surface area contributed by atoms with Gasteiger partial charge in [-0.15, -0.1) is 0 Å². The highest BCUT2D eigenvalue weighted by Gasteiger charge is 2.35. The third-order valence-corrected chi connectivity index (χ3v) is 5.95. The van der Waals surface area contributed by atoms with Crippen LogP contribution in [-0.2, 0) is 9.84 Å². The molecule has 1 heterocycles. The predicted molar refractivity (Wildman–Crippen MR) is 79.9 cm³/mol. The van der Waals surface area contributed by atoms with Crippen molar-refractivity contribution in [1.82, 2.24) is 4.90 Å². The van der Waals surface area contributed by atoms with E-state index in [0.717, 1.165) is 6.42 Å². The molecule has 21 heavy (non-hydrogen) atoms. The number of sulfone groups is 1. The van der Waals surface area contributed by atoms with Crippen molar-refractivity contribution in [3.05, 3.63) is 29.8 Å². The van der Waals surface area contributed by atoms with Crippen molar-refractivity contribution in [2.75, 3.05) is 18.9 Å². The summed E-state index contributed by atoms with van der Waals surface area (Å²) in [7, 11) is -3.45. The lowest BCUT2D eigenvalue weighted by atomic mass is 10.0. The molecule has 0 aromatic heterocycles. The Hall–Kier alpha value is -1.40. The van der Waals surface area contributed by atoms with E-state index >= 15 is 0 Å². The van der Waals surface area contributed by atoms with E-state index in [1.54, 1.807) is 30.0 Å². The highest BCUT2D eigenvalue weighted by atomic mass is 32.2. The maximum absolute atomic E-state index is 12.7. The van der Waals surface area contributed by atoms with Gasteiger partial charge in [0.05, 0.1) is 28.9 Å². The Balaban J connectivity index is 2.41. The highest BCUT2D eigenvalue weighted by Crippen LogP contribution is 2.27. The van der Waals surface area contributed by atoms with E-state index in [-0.39, 0.29) is 40.7 Å². The molecule has 0 saturated carbocycles. The van der Waals surface area contributed by atoms with Gasteiger partial charge in [-0.1, -0.05) is 26.0 Å². The first-order valence-corrected chi connectivity index (χ1v) is 8.81. The van der Waals surface area contributed by atoms with Crippen LogP contribution in [0.15, 0.2) is 29.2 Å². The topological polar surface area (TPSA) is 74.7 Å². The fourth-order valence-corrected chi connectivity index (χ4v) is 3.85. The van der Waals surface area contributed by atoms with E-state index < -0.39 is 9.84 Å². The van der Waals surface area contributed by atoms with E-state index in [2.05, 4.69) is 0 Å². The number of aliphatic hydroxyl groups is 1. The molecule has 1 aromatic carbocycles. The number of carbonyl (C=O) groups is 1. The predicted octanol–water partition coefficient (Wildman–Crippen LogP) is 1.32. The second-order valence-electron chi connectivity index (χ2n) is 5.41. The maximum atomic E-state index is 12.7. The maximum Gasteiger partial charge on any atom is 0.255 e. The fraction of sp³-hybridized carbons (Fsp3) is 0.533. The first kappa shape index (κ1) is 16.0. The number of aliphatic hydroxyl groups excluding tert-OH is 1. The highest BCUT2D eigenvalue weighted by molar-refractivity contribution is 7.91. The summed E-state index contributed by atoms with van der Waals surface area (Å²) in [6.07, 6.45) is 0.819. The molecule has 2 rings (SSSR count). The quantitative estimate of drug-likeness (QED) is 0.910. The number of benzene rings is 1. The number of hydrogen-bond acceptors (Lipinski definition) is 4. The molecule has 1 aliphatic rings. The van der Waals surface area contributed by atoms with Crippen molar-refractivity contribution < 1.29 is 18.3 Å². The van der Waals surface area contributed by atoms with Gasteiger partial charge >= 0.3 is 0 Å². The molecule has 116 valence electrons. The molecular weight excluding hydrogens is 290 g/mol. The zero-order chi connectivity index (χ0) is 15.6. The van der Waals surface area contributed by atoms with Gasteiger partial charge in [0.25, 0.3) is 5.91 Å². The molecule has 1 aromatic rings. The summed E-state index contributed by atoms with van der Waals surface area (Å²) in [5, 5.41) is 9.47. The molecule has 0 bridgehead atoms. The summed E-state index contributed by atoms with van der Waals surface area (Å²) < 4.78 is 24.3. The van der Waals surface area contributed by atoms with Crippen LogP contribution >= 0.6 is 0 Å². The third kappa shape index (κ3) is 2.96. The largest absolute Gasteiger partial charge is 0.394 e. The van der Waals surface area contributed by atoms with E-state index in [1.807, 2.05) is 6.92 Å². The normalized spacial score (nSPS) is 22.5. The number of likely N-dealkylation sites (tertiary alicyclic amines) is 1. The number of rotatable bonds is 4. The Morgan fingerprint density at radius 2 is 2.05 bits per heavy atom. The van der Waals surface area contributed by atoms with Crippen molar-refractivity contribution in [1.29, 1.82) is 0 Å². The van der Waals surface area contributed by atoms with Gasteiger partial charge in [0, 0.05) is 6.54 Å². The van der Waals surface area contributed by atoms with Crippen molar-refractivity contribution >= 4 is 15.7 Å². The number of nitrogens with zero attached hydrogens (tertiary/aromatic N) is 1. The molecule has 5 nitrogen and oxygen atoms in total. The van der Waals surface area contributed by atoms with Gasteiger partial charge in [0.1, 0.15) is 0 Å². The summed E-state index contributed by atoms with van der Waals surface area (Å²) in [4.78, 5) is 14.4. The first-order chi connectivity index (χ1) is 9.92. The van der Waals surface area contributed by atoms with Gasteiger partial charge in [-0.2, -0.15) is 0 Å². The molecule has 0 radical (unpaired) electrons. The van der Waals surface area contributed by atoms with Crippen LogP contribution in [0.25, 0.3) is 0 Å². The minimum atomic E-state index is -3.45. The summed E-state index contributed by atoms with van der Waals surface area (Å²) in [5.41, 5.74) is 0.201. The molecule has 6 heteroatoms. The van der Waals surface area contributed by atoms with Crippen molar-refractivity contribution in [2.24, 2.45) is 5.92 Å². The lowest BCUT2D eigenvalue weighted by Crippen LogP contribution is -2.40. The van der Waals surface area contributed by atoms with Crippen molar-refractivity contribution in [3.8, 4) is 0 Å². The van der Waals surface area contributed by atoms with Gasteiger partial charge in [0.15, 0.2) is 9.84 Å². The van der Waals surface area contributed by atoms with Crippen LogP contribution in [0.1, 0.15) is 30.6 Å². The van der Waals surface area contributed by atoms with Crippen LogP contribution in [0.2, 0.25) is 0 Å². The van der Waals surface area contributed by atoms with Crippen LogP contribution < -0.4 is 0 Å². The monoisotopic (exact) mass is 311 g/mol. The summed E-state index contributed by atoms with van der Waals surface area (Å²) in [5.74, 6) is -0.142. The zero-order valence-corrected chi connectivity index (χ0v) is 13.1. The summed E-state index contributed by atoms with van der Waals surface area (Å²) in [6.45, 7) is 4.00.